The van der Waals surface area contributed by atoms with Gasteiger partial charge in [-0.15, -0.1) is 30.4 Å². The number of nitrogens with one attached hydrogen (secondary N) is 2. The molecule has 0 atom stereocenters. The van der Waals surface area contributed by atoms with Gasteiger partial charge in [0.25, 0.3) is 0 Å². The molecule has 5 nitrogen and oxygen atoms in total. The predicted molar refractivity (Wildman–Crippen MR) is 120 cm³/mol. The minimum Gasteiger partial charge on any atom is -0.481 e. The van der Waals surface area contributed by atoms with Gasteiger partial charge in [-0.2, -0.15) is 0 Å². The largest absolute Gasteiger partial charge is 0.481 e. The zero-order valence-electron chi connectivity index (χ0n) is 16.1. The molecule has 0 aliphatic rings. The Morgan fingerprint density at radius 3 is 2.50 bits per heavy atom. The maximum absolute atomic E-state index is 5.56. The molecule has 0 aliphatic carbocycles. The number of halogens is 1. The first-order valence-corrected chi connectivity index (χ1v) is 8.83. The van der Waals surface area contributed by atoms with Gasteiger partial charge in [-0.3, -0.25) is 4.99 Å². The van der Waals surface area contributed by atoms with Crippen LogP contribution in [-0.2, 0) is 11.2 Å². The molecule has 0 fully saturated rings. The van der Waals surface area contributed by atoms with E-state index in [1.807, 2.05) is 12.1 Å². The Morgan fingerprint density at radius 2 is 1.88 bits per heavy atom. The van der Waals surface area contributed by atoms with Crippen molar-refractivity contribution in [2.24, 2.45) is 10.9 Å². The smallest absolute Gasteiger partial charge is 0.190 e. The number of hydrogen-bond donors (Lipinski definition) is 2. The molecule has 1 aromatic carbocycles. The highest BCUT2D eigenvalue weighted by Crippen LogP contribution is 2.12. The molecule has 6 heteroatoms. The molecule has 0 bridgehead atoms. The highest BCUT2D eigenvalue weighted by atomic mass is 127. The topological polar surface area (TPSA) is 54.9 Å². The van der Waals surface area contributed by atoms with E-state index in [1.54, 1.807) is 7.05 Å². The van der Waals surface area contributed by atoms with Crippen LogP contribution >= 0.6 is 24.0 Å². The second kappa shape index (κ2) is 15.8. The van der Waals surface area contributed by atoms with Crippen molar-refractivity contribution >= 4 is 29.9 Å². The van der Waals surface area contributed by atoms with E-state index in [4.69, 9.17) is 15.9 Å². The molecule has 0 saturated heterocycles. The standard InChI is InChI=1S/C20H31N3O2.HI/c1-5-14-25-19-9-7-18(8-10-19)11-13-23-20(21-4)22-12-6-15-24-16-17(2)3;/h1,7-10,17H,6,11-16H2,2-4H3,(H2,21,22,23);1H. The van der Waals surface area contributed by atoms with Crippen molar-refractivity contribution in [2.75, 3.05) is 40.0 Å². The second-order valence-electron chi connectivity index (χ2n) is 6.13. The number of hydrogen-bond acceptors (Lipinski definition) is 3. The molecule has 2 N–H and O–H groups in total. The van der Waals surface area contributed by atoms with E-state index in [0.29, 0.717) is 12.5 Å². The Morgan fingerprint density at radius 1 is 1.19 bits per heavy atom. The normalized spacial score (nSPS) is 10.8. The number of aliphatic imine (C=N–C) groups is 1. The summed E-state index contributed by atoms with van der Waals surface area (Å²) in [6, 6.07) is 7.99. The van der Waals surface area contributed by atoms with Crippen molar-refractivity contribution in [2.45, 2.75) is 26.7 Å². The molecule has 0 radical (unpaired) electrons. The van der Waals surface area contributed by atoms with Crippen LogP contribution in [0.1, 0.15) is 25.8 Å². The quantitative estimate of drug-likeness (QED) is 0.171. The lowest BCUT2D eigenvalue weighted by atomic mass is 10.1. The number of guanidine groups is 1. The fourth-order valence-electron chi connectivity index (χ4n) is 2.12. The van der Waals surface area contributed by atoms with Gasteiger partial charge in [-0.25, -0.2) is 0 Å². The van der Waals surface area contributed by atoms with E-state index in [9.17, 15) is 0 Å². The van der Waals surface area contributed by atoms with Crippen molar-refractivity contribution in [3.63, 3.8) is 0 Å². The first-order chi connectivity index (χ1) is 12.2. The number of rotatable bonds is 11. The SMILES string of the molecule is C#CCOc1ccc(CCNC(=NC)NCCCOCC(C)C)cc1.I. The molecule has 0 aromatic heterocycles. The molecule has 0 heterocycles. The van der Waals surface area contributed by atoms with Crippen molar-refractivity contribution in [1.82, 2.24) is 10.6 Å². The predicted octanol–water partition coefficient (Wildman–Crippen LogP) is 3.09. The summed E-state index contributed by atoms with van der Waals surface area (Å²) in [5, 5.41) is 6.61. The number of nitrogens with zero attached hydrogens (tertiary/aromatic N) is 1. The molecule has 0 spiro atoms. The summed E-state index contributed by atoms with van der Waals surface area (Å²) >= 11 is 0. The molecule has 146 valence electrons. The van der Waals surface area contributed by atoms with Gasteiger partial charge in [0, 0.05) is 33.4 Å². The third-order valence-corrected chi connectivity index (χ3v) is 3.38. The van der Waals surface area contributed by atoms with Gasteiger partial charge in [0.05, 0.1) is 0 Å². The summed E-state index contributed by atoms with van der Waals surface area (Å²) in [5.74, 6) is 4.66. The number of terminal acetylenes is 1. The van der Waals surface area contributed by atoms with E-state index in [1.165, 1.54) is 5.56 Å². The first kappa shape index (κ1) is 24.5. The summed E-state index contributed by atoms with van der Waals surface area (Å²) in [7, 11) is 1.78. The van der Waals surface area contributed by atoms with Gasteiger partial charge in [0.2, 0.25) is 0 Å². The maximum Gasteiger partial charge on any atom is 0.190 e. The van der Waals surface area contributed by atoms with Gasteiger partial charge in [-0.05, 0) is 36.5 Å². The van der Waals surface area contributed by atoms with Gasteiger partial charge in [-0.1, -0.05) is 31.9 Å². The lowest BCUT2D eigenvalue weighted by Gasteiger charge is -2.12. The summed E-state index contributed by atoms with van der Waals surface area (Å²) < 4.78 is 10.9. The average Bonchev–Trinajstić information content (AvgIpc) is 2.62. The van der Waals surface area contributed by atoms with Crippen molar-refractivity contribution in [1.29, 1.82) is 0 Å². The molecule has 26 heavy (non-hydrogen) atoms. The molecular weight excluding hydrogens is 441 g/mol. The van der Waals surface area contributed by atoms with Crippen LogP contribution in [0.3, 0.4) is 0 Å². The Balaban J connectivity index is 0.00000625. The lowest BCUT2D eigenvalue weighted by molar-refractivity contribution is 0.108. The molecule has 0 amide bonds. The number of benzene rings is 1. The fourth-order valence-corrected chi connectivity index (χ4v) is 2.12. The zero-order chi connectivity index (χ0) is 18.3. The summed E-state index contributed by atoms with van der Waals surface area (Å²) in [6.07, 6.45) is 7.05. The molecule has 1 aromatic rings. The van der Waals surface area contributed by atoms with Crippen LogP contribution < -0.4 is 15.4 Å². The molecule has 0 unspecified atom stereocenters. The van der Waals surface area contributed by atoms with E-state index in [0.717, 1.165) is 50.9 Å². The van der Waals surface area contributed by atoms with Crippen molar-refractivity contribution in [3.8, 4) is 18.1 Å². The highest BCUT2D eigenvalue weighted by molar-refractivity contribution is 14.0. The fraction of sp³-hybridized carbons (Fsp3) is 0.550. The van der Waals surface area contributed by atoms with Gasteiger partial charge >= 0.3 is 0 Å². The van der Waals surface area contributed by atoms with Gasteiger partial charge in [0.15, 0.2) is 5.96 Å². The van der Waals surface area contributed by atoms with Crippen molar-refractivity contribution < 1.29 is 9.47 Å². The van der Waals surface area contributed by atoms with Crippen LogP contribution in [0, 0.1) is 18.3 Å². The van der Waals surface area contributed by atoms with Crippen molar-refractivity contribution in [3.05, 3.63) is 29.8 Å². The Hall–Kier alpha value is -1.46. The van der Waals surface area contributed by atoms with Crippen LogP contribution in [0.15, 0.2) is 29.3 Å². The highest BCUT2D eigenvalue weighted by Gasteiger charge is 1.99. The van der Waals surface area contributed by atoms with Crippen LogP contribution in [-0.4, -0.2) is 45.9 Å². The molecule has 0 saturated carbocycles. The summed E-state index contributed by atoms with van der Waals surface area (Å²) in [5.41, 5.74) is 1.23. The average molecular weight is 473 g/mol. The Kier molecular flexibility index (Phi) is 14.9. The second-order valence-corrected chi connectivity index (χ2v) is 6.13. The van der Waals surface area contributed by atoms with Gasteiger partial charge < -0.3 is 20.1 Å². The third kappa shape index (κ3) is 12.0. The Labute approximate surface area is 175 Å². The monoisotopic (exact) mass is 473 g/mol. The molecule has 1 rings (SSSR count). The van der Waals surface area contributed by atoms with Crippen LogP contribution in [0.25, 0.3) is 0 Å². The van der Waals surface area contributed by atoms with Crippen LogP contribution in [0.2, 0.25) is 0 Å². The summed E-state index contributed by atoms with van der Waals surface area (Å²) in [4.78, 5) is 4.23. The minimum absolute atomic E-state index is 0. The van der Waals surface area contributed by atoms with E-state index >= 15 is 0 Å². The zero-order valence-corrected chi connectivity index (χ0v) is 18.4. The molecule has 0 aliphatic heterocycles. The van der Waals surface area contributed by atoms with E-state index < -0.39 is 0 Å². The van der Waals surface area contributed by atoms with E-state index in [2.05, 4.69) is 47.5 Å². The lowest BCUT2D eigenvalue weighted by Crippen LogP contribution is -2.39. The maximum atomic E-state index is 5.56. The summed E-state index contributed by atoms with van der Waals surface area (Å²) in [6.45, 7) is 7.86. The minimum atomic E-state index is 0. The molecular formula is C20H32IN3O2. The van der Waals surface area contributed by atoms with Gasteiger partial charge in [0.1, 0.15) is 12.4 Å². The van der Waals surface area contributed by atoms with E-state index in [-0.39, 0.29) is 24.0 Å². The third-order valence-electron chi connectivity index (χ3n) is 3.38. The Bertz CT molecular complexity index is 539. The number of ether oxygens (including phenoxy) is 2. The van der Waals surface area contributed by atoms with Crippen LogP contribution in [0.4, 0.5) is 0 Å². The first-order valence-electron chi connectivity index (χ1n) is 8.83. The van der Waals surface area contributed by atoms with Crippen LogP contribution in [0.5, 0.6) is 5.75 Å².